The quantitative estimate of drug-likeness (QED) is 0.585. The first-order valence-electron chi connectivity index (χ1n) is 3.67. The van der Waals surface area contributed by atoms with Gasteiger partial charge in [-0.15, -0.1) is 24.0 Å². The molecule has 0 radical (unpaired) electrons. The molecular weight excluding hydrogens is 271 g/mol. The molecule has 0 aliphatic rings. The Hall–Kier alpha value is -0.0600. The first kappa shape index (κ1) is 9.49. The molecule has 0 bridgehead atoms. The second-order valence-electron chi connectivity index (χ2n) is 2.69. The summed E-state index contributed by atoms with van der Waals surface area (Å²) in [6.45, 7) is 0. The van der Waals surface area contributed by atoms with Crippen molar-refractivity contribution in [1.29, 1.82) is 0 Å². The van der Waals surface area contributed by atoms with Gasteiger partial charge in [0.25, 0.3) is 0 Å². The Kier molecular flexibility index (Phi) is 2.62. The van der Waals surface area contributed by atoms with Crippen molar-refractivity contribution in [2.45, 2.75) is 10.2 Å². The van der Waals surface area contributed by atoms with Gasteiger partial charge in [0.05, 0.1) is 4.70 Å². The van der Waals surface area contributed by atoms with E-state index in [1.165, 1.54) is 17.4 Å². The summed E-state index contributed by atoms with van der Waals surface area (Å²) < 4.78 is 14.1. The van der Waals surface area contributed by atoms with Crippen LogP contribution < -0.4 is 0 Å². The number of fused-ring (bicyclic) bond motifs is 1. The maximum Gasteiger partial charge on any atom is 0.142 e. The lowest BCUT2D eigenvalue weighted by molar-refractivity contribution is 0.638. The number of hydrogen-bond acceptors (Lipinski definition) is 2. The van der Waals surface area contributed by atoms with Gasteiger partial charge in [-0.1, -0.05) is 15.9 Å². The molecule has 0 aliphatic heterocycles. The van der Waals surface area contributed by atoms with Crippen molar-refractivity contribution in [3.63, 3.8) is 0 Å². The van der Waals surface area contributed by atoms with Crippen LogP contribution in [0.15, 0.2) is 23.1 Å². The smallest absolute Gasteiger partial charge is 0.142 e. The van der Waals surface area contributed by atoms with Gasteiger partial charge in [0, 0.05) is 15.1 Å². The molecule has 4 heteroatoms. The number of hydrogen-bond donors (Lipinski definition) is 1. The van der Waals surface area contributed by atoms with Gasteiger partial charge in [0.15, 0.2) is 0 Å². The summed E-state index contributed by atoms with van der Waals surface area (Å²) in [5, 5.41) is 1.71. The van der Waals surface area contributed by atoms with Gasteiger partial charge in [-0.2, -0.15) is 0 Å². The van der Waals surface area contributed by atoms with Crippen LogP contribution in [0.4, 0.5) is 4.39 Å². The zero-order chi connectivity index (χ0) is 9.42. The molecule has 0 N–H and O–H groups in total. The Balaban J connectivity index is 2.75. The summed E-state index contributed by atoms with van der Waals surface area (Å²) in [6.07, 6.45) is 0. The highest BCUT2D eigenvalue weighted by Crippen LogP contribution is 2.31. The minimum Gasteiger partial charge on any atom is -0.205 e. The molecule has 0 unspecified atom stereocenters. The monoisotopic (exact) mass is 276 g/mol. The van der Waals surface area contributed by atoms with E-state index in [4.69, 9.17) is 0 Å². The summed E-state index contributed by atoms with van der Waals surface area (Å²) >= 11 is 8.95. The molecule has 1 aromatic heterocycles. The number of alkyl halides is 1. The SMILES string of the molecule is Fc1cc(S)cc2cc(CBr)sc12. The summed E-state index contributed by atoms with van der Waals surface area (Å²) in [7, 11) is 0. The third-order valence-electron chi connectivity index (χ3n) is 1.74. The first-order chi connectivity index (χ1) is 6.20. The Morgan fingerprint density at radius 1 is 1.38 bits per heavy atom. The highest BCUT2D eigenvalue weighted by molar-refractivity contribution is 9.08. The van der Waals surface area contributed by atoms with Gasteiger partial charge < -0.3 is 0 Å². The average Bonchev–Trinajstić information content (AvgIpc) is 2.47. The topological polar surface area (TPSA) is 0 Å². The van der Waals surface area contributed by atoms with E-state index in [1.807, 2.05) is 12.1 Å². The summed E-state index contributed by atoms with van der Waals surface area (Å²) in [5.74, 6) is -0.181. The second-order valence-corrected chi connectivity index (χ2v) is 4.91. The summed E-state index contributed by atoms with van der Waals surface area (Å²) in [6, 6.07) is 5.31. The van der Waals surface area contributed by atoms with Crippen molar-refractivity contribution in [2.75, 3.05) is 0 Å². The van der Waals surface area contributed by atoms with Crippen LogP contribution >= 0.6 is 39.9 Å². The maximum atomic E-state index is 13.3. The molecule has 0 amide bonds. The van der Waals surface area contributed by atoms with Crippen LogP contribution in [0.3, 0.4) is 0 Å². The number of halogens is 2. The maximum absolute atomic E-state index is 13.3. The minimum absolute atomic E-state index is 0.181. The van der Waals surface area contributed by atoms with E-state index in [2.05, 4.69) is 28.6 Å². The number of thiol groups is 1. The lowest BCUT2D eigenvalue weighted by Crippen LogP contribution is -1.73. The third kappa shape index (κ3) is 1.75. The van der Waals surface area contributed by atoms with Crippen molar-refractivity contribution in [3.8, 4) is 0 Å². The normalized spacial score (nSPS) is 11.0. The fraction of sp³-hybridized carbons (Fsp3) is 0.111. The van der Waals surface area contributed by atoms with E-state index < -0.39 is 0 Å². The van der Waals surface area contributed by atoms with E-state index in [0.717, 1.165) is 15.6 Å². The van der Waals surface area contributed by atoms with Crippen LogP contribution in [0, 0.1) is 5.82 Å². The molecule has 1 heterocycles. The average molecular weight is 277 g/mol. The Morgan fingerprint density at radius 3 is 2.85 bits per heavy atom. The second kappa shape index (κ2) is 3.59. The minimum atomic E-state index is -0.181. The van der Waals surface area contributed by atoms with Gasteiger partial charge in [-0.25, -0.2) is 4.39 Å². The van der Waals surface area contributed by atoms with Gasteiger partial charge in [-0.05, 0) is 23.6 Å². The number of thiophene rings is 1. The highest BCUT2D eigenvalue weighted by atomic mass is 79.9. The molecule has 0 fully saturated rings. The standard InChI is InChI=1S/C9H6BrFS2/c10-4-7-2-5-1-6(12)3-8(11)9(5)13-7/h1-3,12H,4H2. The largest absolute Gasteiger partial charge is 0.205 e. The fourth-order valence-electron chi connectivity index (χ4n) is 1.21. The Bertz CT molecular complexity index is 450. The van der Waals surface area contributed by atoms with Crippen LogP contribution in [-0.2, 0) is 5.33 Å². The fourth-order valence-corrected chi connectivity index (χ4v) is 2.87. The van der Waals surface area contributed by atoms with Gasteiger partial charge in [0.2, 0.25) is 0 Å². The lowest BCUT2D eigenvalue weighted by Gasteiger charge is -1.93. The van der Waals surface area contributed by atoms with Crippen molar-refractivity contribution < 1.29 is 4.39 Å². The molecule has 2 aromatic rings. The van der Waals surface area contributed by atoms with E-state index in [9.17, 15) is 4.39 Å². The predicted molar refractivity (Wildman–Crippen MR) is 61.7 cm³/mol. The van der Waals surface area contributed by atoms with Crippen LogP contribution in [0.5, 0.6) is 0 Å². The third-order valence-corrected chi connectivity index (χ3v) is 4.13. The highest BCUT2D eigenvalue weighted by Gasteiger charge is 2.06. The van der Waals surface area contributed by atoms with Crippen molar-refractivity contribution in [1.82, 2.24) is 0 Å². The van der Waals surface area contributed by atoms with Crippen molar-refractivity contribution >= 4 is 50.0 Å². The van der Waals surface area contributed by atoms with Crippen LogP contribution in [0.2, 0.25) is 0 Å². The molecule has 13 heavy (non-hydrogen) atoms. The zero-order valence-corrected chi connectivity index (χ0v) is 9.85. The van der Waals surface area contributed by atoms with Gasteiger partial charge >= 0.3 is 0 Å². The summed E-state index contributed by atoms with van der Waals surface area (Å²) in [4.78, 5) is 1.80. The van der Waals surface area contributed by atoms with E-state index in [0.29, 0.717) is 9.60 Å². The van der Waals surface area contributed by atoms with E-state index in [1.54, 1.807) is 0 Å². The molecule has 1 aromatic carbocycles. The zero-order valence-electron chi connectivity index (χ0n) is 6.55. The van der Waals surface area contributed by atoms with Crippen LogP contribution in [0.25, 0.3) is 10.1 Å². The Morgan fingerprint density at radius 2 is 2.15 bits per heavy atom. The van der Waals surface area contributed by atoms with Crippen LogP contribution in [-0.4, -0.2) is 0 Å². The van der Waals surface area contributed by atoms with Crippen molar-refractivity contribution in [3.05, 3.63) is 28.9 Å². The number of rotatable bonds is 1. The molecule has 68 valence electrons. The number of benzene rings is 1. The molecule has 2 rings (SSSR count). The van der Waals surface area contributed by atoms with Gasteiger partial charge in [0.1, 0.15) is 5.82 Å². The molecule has 0 aliphatic carbocycles. The molecule has 0 saturated heterocycles. The molecule has 0 nitrogen and oxygen atoms in total. The van der Waals surface area contributed by atoms with E-state index in [-0.39, 0.29) is 5.82 Å². The van der Waals surface area contributed by atoms with Gasteiger partial charge in [-0.3, -0.25) is 0 Å². The molecular formula is C9H6BrFS2. The molecule has 0 spiro atoms. The lowest BCUT2D eigenvalue weighted by atomic mass is 10.2. The van der Waals surface area contributed by atoms with E-state index >= 15 is 0 Å². The van der Waals surface area contributed by atoms with Crippen molar-refractivity contribution in [2.24, 2.45) is 0 Å². The summed E-state index contributed by atoms with van der Waals surface area (Å²) in [5.41, 5.74) is 0. The predicted octanol–water partition coefficient (Wildman–Crippen LogP) is 4.22. The molecule has 0 atom stereocenters. The molecule has 0 saturated carbocycles. The Labute approximate surface area is 93.3 Å². The first-order valence-corrected chi connectivity index (χ1v) is 6.06. The van der Waals surface area contributed by atoms with Crippen LogP contribution in [0.1, 0.15) is 4.88 Å².